The second-order valence-corrected chi connectivity index (χ2v) is 7.43. The number of hydrogen-bond donors (Lipinski definition) is 1. The lowest BCUT2D eigenvalue weighted by Crippen LogP contribution is -2.46. The zero-order valence-electron chi connectivity index (χ0n) is 14.7. The van der Waals surface area contributed by atoms with Crippen LogP contribution in [0.1, 0.15) is 53.8 Å². The second-order valence-electron chi connectivity index (χ2n) is 7.43. The molecule has 25 heavy (non-hydrogen) atoms. The molecule has 6 heteroatoms. The van der Waals surface area contributed by atoms with Crippen molar-refractivity contribution in [1.29, 1.82) is 0 Å². The largest absolute Gasteiger partial charge is 0.391 e. The topological polar surface area (TPSA) is 71.2 Å². The number of carbonyl (C=O) groups is 1. The molecule has 0 spiro atoms. The number of aliphatic hydroxyl groups excluding tert-OH is 1. The minimum Gasteiger partial charge on any atom is -0.391 e. The van der Waals surface area contributed by atoms with Gasteiger partial charge in [-0.25, -0.2) is 4.68 Å². The van der Waals surface area contributed by atoms with Crippen LogP contribution in [0.3, 0.4) is 0 Å². The average molecular weight is 340 g/mol. The van der Waals surface area contributed by atoms with Crippen molar-refractivity contribution < 1.29 is 9.90 Å². The van der Waals surface area contributed by atoms with Crippen molar-refractivity contribution in [3.05, 3.63) is 41.2 Å². The quantitative estimate of drug-likeness (QED) is 0.931. The zero-order chi connectivity index (χ0) is 17.6. The van der Waals surface area contributed by atoms with Gasteiger partial charge in [-0.1, -0.05) is 29.8 Å². The van der Waals surface area contributed by atoms with E-state index in [9.17, 15) is 9.90 Å². The van der Waals surface area contributed by atoms with Gasteiger partial charge in [-0.2, -0.15) is 0 Å². The van der Waals surface area contributed by atoms with Gasteiger partial charge in [0.15, 0.2) is 5.69 Å². The Morgan fingerprint density at radius 3 is 2.56 bits per heavy atom. The van der Waals surface area contributed by atoms with Gasteiger partial charge in [0.2, 0.25) is 0 Å². The van der Waals surface area contributed by atoms with Gasteiger partial charge in [0.05, 0.1) is 17.5 Å². The van der Waals surface area contributed by atoms with Crippen molar-refractivity contribution in [3.63, 3.8) is 0 Å². The van der Waals surface area contributed by atoms with E-state index >= 15 is 0 Å². The fourth-order valence-electron chi connectivity index (χ4n) is 3.42. The number of nitrogens with zero attached hydrogens (tertiary/aromatic N) is 4. The van der Waals surface area contributed by atoms with E-state index < -0.39 is 6.10 Å². The Morgan fingerprint density at radius 1 is 1.20 bits per heavy atom. The van der Waals surface area contributed by atoms with Crippen LogP contribution in [0.4, 0.5) is 0 Å². The monoisotopic (exact) mass is 340 g/mol. The molecule has 1 aromatic heterocycles. The molecule has 4 rings (SSSR count). The summed E-state index contributed by atoms with van der Waals surface area (Å²) in [4.78, 5) is 14.7. The maximum absolute atomic E-state index is 13.0. The molecule has 2 atom stereocenters. The molecule has 6 nitrogen and oxygen atoms in total. The van der Waals surface area contributed by atoms with Gasteiger partial charge in [-0.05, 0) is 44.2 Å². The molecule has 2 unspecified atom stereocenters. The van der Waals surface area contributed by atoms with Crippen LogP contribution in [-0.4, -0.2) is 50.1 Å². The third-order valence-electron chi connectivity index (χ3n) is 5.36. The molecule has 1 N–H and O–H groups in total. The first-order chi connectivity index (χ1) is 12.0. The summed E-state index contributed by atoms with van der Waals surface area (Å²) in [6.07, 6.45) is 2.49. The molecule has 0 bridgehead atoms. The summed E-state index contributed by atoms with van der Waals surface area (Å²) in [5, 5.41) is 18.6. The van der Waals surface area contributed by atoms with Gasteiger partial charge in [-0.3, -0.25) is 4.79 Å². The van der Waals surface area contributed by atoms with Gasteiger partial charge in [0.25, 0.3) is 5.91 Å². The number of hydrogen-bond acceptors (Lipinski definition) is 4. The highest BCUT2D eigenvalue weighted by molar-refractivity contribution is 5.93. The van der Waals surface area contributed by atoms with E-state index in [0.29, 0.717) is 24.7 Å². The van der Waals surface area contributed by atoms with Crippen LogP contribution in [-0.2, 0) is 0 Å². The van der Waals surface area contributed by atoms with Gasteiger partial charge in [0.1, 0.15) is 0 Å². The second kappa shape index (κ2) is 6.26. The van der Waals surface area contributed by atoms with Crippen LogP contribution >= 0.6 is 0 Å². The minimum absolute atomic E-state index is 0.105. The first kappa shape index (κ1) is 16.3. The van der Waals surface area contributed by atoms with E-state index in [1.54, 1.807) is 4.90 Å². The van der Waals surface area contributed by atoms with Crippen LogP contribution in [0.2, 0.25) is 0 Å². The Morgan fingerprint density at radius 2 is 1.92 bits per heavy atom. The Hall–Kier alpha value is -2.21. The summed E-state index contributed by atoms with van der Waals surface area (Å²) in [6, 6.07) is 8.10. The number of aliphatic hydroxyl groups is 1. The molecule has 1 amide bonds. The maximum Gasteiger partial charge on any atom is 0.276 e. The van der Waals surface area contributed by atoms with E-state index in [-0.39, 0.29) is 11.8 Å². The van der Waals surface area contributed by atoms with Gasteiger partial charge >= 0.3 is 0 Å². The van der Waals surface area contributed by atoms with Crippen LogP contribution in [0.5, 0.6) is 0 Å². The molecule has 2 aliphatic rings. The molecule has 132 valence electrons. The minimum atomic E-state index is -0.464. The lowest BCUT2D eigenvalue weighted by molar-refractivity contribution is 0.0244. The molecular weight excluding hydrogens is 316 g/mol. The Balaban J connectivity index is 1.66. The molecule has 0 radical (unpaired) electrons. The molecule has 1 saturated heterocycles. The number of β-amino-alcohol motifs (C(OH)–C–C–N with tert-alkyl or cyclic N) is 1. The highest BCUT2D eigenvalue weighted by Crippen LogP contribution is 2.42. The standard InChI is InChI=1S/C19H24N4O2/c1-12-3-7-15(8-4-12)23-18(14-5-6-14)17(20-21-23)19(25)22-10-9-13(2)16(24)11-22/h3-4,7-8,13-14,16,24H,5-6,9-11H2,1-2H3. The first-order valence-corrected chi connectivity index (χ1v) is 9.04. The fourth-order valence-corrected chi connectivity index (χ4v) is 3.42. The molecule has 2 fully saturated rings. The fraction of sp³-hybridized carbons (Fsp3) is 0.526. The zero-order valence-corrected chi connectivity index (χ0v) is 14.7. The lowest BCUT2D eigenvalue weighted by atomic mass is 9.96. The van der Waals surface area contributed by atoms with Gasteiger partial charge in [0, 0.05) is 19.0 Å². The highest BCUT2D eigenvalue weighted by atomic mass is 16.3. The number of aryl methyl sites for hydroxylation is 1. The number of rotatable bonds is 3. The number of carbonyl (C=O) groups excluding carboxylic acids is 1. The van der Waals surface area contributed by atoms with Gasteiger partial charge < -0.3 is 10.0 Å². The van der Waals surface area contributed by atoms with Crippen molar-refractivity contribution in [2.24, 2.45) is 5.92 Å². The average Bonchev–Trinajstić information content (AvgIpc) is 3.36. The van der Waals surface area contributed by atoms with Crippen LogP contribution in [0.25, 0.3) is 5.69 Å². The molecule has 1 aliphatic carbocycles. The van der Waals surface area contributed by atoms with Crippen molar-refractivity contribution in [1.82, 2.24) is 19.9 Å². The number of likely N-dealkylation sites (tertiary alicyclic amines) is 1. The van der Waals surface area contributed by atoms with Crippen LogP contribution in [0, 0.1) is 12.8 Å². The molecular formula is C19H24N4O2. The van der Waals surface area contributed by atoms with E-state index in [1.807, 2.05) is 42.8 Å². The molecule has 1 aromatic carbocycles. The summed E-state index contributed by atoms with van der Waals surface area (Å²) in [6.45, 7) is 5.11. The Labute approximate surface area is 147 Å². The third-order valence-corrected chi connectivity index (χ3v) is 5.36. The van der Waals surface area contributed by atoms with E-state index in [2.05, 4.69) is 10.3 Å². The summed E-state index contributed by atoms with van der Waals surface area (Å²) in [5.74, 6) is 0.477. The van der Waals surface area contributed by atoms with Crippen molar-refractivity contribution in [2.75, 3.05) is 13.1 Å². The SMILES string of the molecule is Cc1ccc(-n2nnc(C(=O)N3CCC(C)C(O)C3)c2C2CC2)cc1. The van der Waals surface area contributed by atoms with E-state index in [1.165, 1.54) is 5.56 Å². The predicted octanol–water partition coefficient (Wildman–Crippen LogP) is 2.30. The highest BCUT2D eigenvalue weighted by Gasteiger charge is 2.37. The van der Waals surface area contributed by atoms with Crippen LogP contribution in [0.15, 0.2) is 24.3 Å². The Kier molecular flexibility index (Phi) is 4.07. The van der Waals surface area contributed by atoms with Crippen molar-refractivity contribution >= 4 is 5.91 Å². The van der Waals surface area contributed by atoms with Crippen molar-refractivity contribution in [3.8, 4) is 5.69 Å². The number of aromatic nitrogens is 3. The maximum atomic E-state index is 13.0. The molecule has 1 saturated carbocycles. The first-order valence-electron chi connectivity index (χ1n) is 9.04. The predicted molar refractivity (Wildman–Crippen MR) is 93.8 cm³/mol. The lowest BCUT2D eigenvalue weighted by Gasteiger charge is -2.33. The summed E-state index contributed by atoms with van der Waals surface area (Å²) in [7, 11) is 0. The summed E-state index contributed by atoms with van der Waals surface area (Å²) >= 11 is 0. The van der Waals surface area contributed by atoms with Crippen LogP contribution < -0.4 is 0 Å². The normalized spacial score (nSPS) is 23.7. The van der Waals surface area contributed by atoms with E-state index in [0.717, 1.165) is 30.6 Å². The molecule has 1 aliphatic heterocycles. The van der Waals surface area contributed by atoms with E-state index in [4.69, 9.17) is 0 Å². The molecule has 2 aromatic rings. The van der Waals surface area contributed by atoms with Crippen molar-refractivity contribution in [2.45, 2.75) is 45.1 Å². The molecule has 2 heterocycles. The summed E-state index contributed by atoms with van der Waals surface area (Å²) in [5.41, 5.74) is 3.49. The number of piperidine rings is 1. The smallest absolute Gasteiger partial charge is 0.276 e. The number of amides is 1. The van der Waals surface area contributed by atoms with Gasteiger partial charge in [-0.15, -0.1) is 5.10 Å². The Bertz CT molecular complexity index is 779. The summed E-state index contributed by atoms with van der Waals surface area (Å²) < 4.78 is 1.81. The third kappa shape index (κ3) is 3.06. The number of benzene rings is 1.